The number of aliphatic hydroxyl groups excluding tert-OH is 1. The molecule has 0 aromatic rings. The largest absolute Gasteiger partial charge is 0.392 e. The summed E-state index contributed by atoms with van der Waals surface area (Å²) in [5.74, 6) is -0.0503. The van der Waals surface area contributed by atoms with Gasteiger partial charge in [-0.1, -0.05) is 26.7 Å². The molecule has 2 saturated carbocycles. The number of fused-ring (bicyclic) bond motifs is 1. The molecule has 2 aliphatic carbocycles. The maximum atomic E-state index is 12.4. The molecule has 2 rings (SSSR count). The normalized spacial score (nSPS) is 45.8. The number of Topliss-reactive ketones (excluding diaryl/α,β-unsaturated/α-hetero) is 1. The molecule has 104 valence electrons. The third-order valence-electron chi connectivity index (χ3n) is 5.73. The van der Waals surface area contributed by atoms with Crippen molar-refractivity contribution in [2.45, 2.75) is 71.5 Å². The highest BCUT2D eigenvalue weighted by Crippen LogP contribution is 2.61. The van der Waals surface area contributed by atoms with Crippen molar-refractivity contribution in [1.82, 2.24) is 0 Å². The van der Waals surface area contributed by atoms with Crippen molar-refractivity contribution in [2.24, 2.45) is 16.7 Å². The van der Waals surface area contributed by atoms with Crippen LogP contribution in [0.1, 0.15) is 59.8 Å². The average molecular weight is 254 g/mol. The fraction of sp³-hybridized carbons (Fsp3) is 0.933. The van der Waals surface area contributed by atoms with Gasteiger partial charge in [-0.2, -0.15) is 0 Å². The van der Waals surface area contributed by atoms with Crippen molar-refractivity contribution < 1.29 is 15.0 Å². The minimum Gasteiger partial charge on any atom is -0.392 e. The zero-order chi connectivity index (χ0) is 13.8. The van der Waals surface area contributed by atoms with Crippen molar-refractivity contribution in [3.05, 3.63) is 0 Å². The average Bonchev–Trinajstić information content (AvgIpc) is 2.19. The van der Waals surface area contributed by atoms with E-state index in [2.05, 4.69) is 6.92 Å². The fourth-order valence-electron chi connectivity index (χ4n) is 4.70. The summed E-state index contributed by atoms with van der Waals surface area (Å²) >= 11 is 0. The van der Waals surface area contributed by atoms with Crippen LogP contribution in [0.2, 0.25) is 0 Å². The third-order valence-corrected chi connectivity index (χ3v) is 5.73. The molecule has 0 aromatic carbocycles. The fourth-order valence-corrected chi connectivity index (χ4v) is 4.70. The van der Waals surface area contributed by atoms with Crippen LogP contribution in [0.25, 0.3) is 0 Å². The Labute approximate surface area is 110 Å². The Bertz CT molecular complexity index is 357. The molecule has 3 heteroatoms. The molecule has 2 aliphatic rings. The zero-order valence-electron chi connectivity index (χ0n) is 12.0. The Kier molecular flexibility index (Phi) is 3.14. The van der Waals surface area contributed by atoms with E-state index in [0.717, 1.165) is 25.7 Å². The Morgan fingerprint density at radius 3 is 2.33 bits per heavy atom. The summed E-state index contributed by atoms with van der Waals surface area (Å²) in [5.41, 5.74) is -1.62. The second kappa shape index (κ2) is 4.04. The Morgan fingerprint density at radius 2 is 1.78 bits per heavy atom. The summed E-state index contributed by atoms with van der Waals surface area (Å²) in [7, 11) is 0. The predicted molar refractivity (Wildman–Crippen MR) is 70.1 cm³/mol. The van der Waals surface area contributed by atoms with E-state index in [-0.39, 0.29) is 29.0 Å². The molecule has 2 N–H and O–H groups in total. The van der Waals surface area contributed by atoms with E-state index >= 15 is 0 Å². The standard InChI is InChI=1S/C15H26O3/c1-13(2,18)12-10(16)9-11(17)14(3)7-5-6-8-15(12,14)4/h10,12,16,18H,5-9H2,1-4H3. The summed E-state index contributed by atoms with van der Waals surface area (Å²) in [5, 5.41) is 20.8. The van der Waals surface area contributed by atoms with Crippen LogP contribution in [-0.2, 0) is 4.79 Å². The Hall–Kier alpha value is -0.410. The second-order valence-electron chi connectivity index (χ2n) is 7.28. The van der Waals surface area contributed by atoms with E-state index in [0.29, 0.717) is 0 Å². The SMILES string of the molecule is CC(C)(O)C1C(O)CC(=O)C2(C)CCCCC12C. The van der Waals surface area contributed by atoms with Crippen molar-refractivity contribution in [3.63, 3.8) is 0 Å². The number of rotatable bonds is 1. The van der Waals surface area contributed by atoms with Gasteiger partial charge in [-0.25, -0.2) is 0 Å². The smallest absolute Gasteiger partial charge is 0.141 e. The molecule has 4 unspecified atom stereocenters. The van der Waals surface area contributed by atoms with E-state index in [9.17, 15) is 15.0 Å². The maximum absolute atomic E-state index is 12.4. The lowest BCUT2D eigenvalue weighted by Gasteiger charge is -2.60. The monoisotopic (exact) mass is 254 g/mol. The van der Waals surface area contributed by atoms with E-state index in [1.165, 1.54) is 0 Å². The summed E-state index contributed by atoms with van der Waals surface area (Å²) in [6.07, 6.45) is 3.45. The Balaban J connectivity index is 2.50. The van der Waals surface area contributed by atoms with E-state index < -0.39 is 11.7 Å². The lowest BCUT2D eigenvalue weighted by Crippen LogP contribution is -2.63. The number of aliphatic hydroxyl groups is 2. The van der Waals surface area contributed by atoms with Crippen molar-refractivity contribution in [1.29, 1.82) is 0 Å². The zero-order valence-corrected chi connectivity index (χ0v) is 12.0. The van der Waals surface area contributed by atoms with Crippen LogP contribution in [-0.4, -0.2) is 27.7 Å². The van der Waals surface area contributed by atoms with Crippen molar-refractivity contribution in [2.75, 3.05) is 0 Å². The molecule has 18 heavy (non-hydrogen) atoms. The first-order valence-corrected chi connectivity index (χ1v) is 7.07. The predicted octanol–water partition coefficient (Wildman–Crippen LogP) is 2.29. The highest BCUT2D eigenvalue weighted by molar-refractivity contribution is 5.87. The van der Waals surface area contributed by atoms with Gasteiger partial charge >= 0.3 is 0 Å². The molecule has 0 saturated heterocycles. The second-order valence-corrected chi connectivity index (χ2v) is 7.28. The van der Waals surface area contributed by atoms with E-state index in [4.69, 9.17) is 0 Å². The summed E-state index contributed by atoms with van der Waals surface area (Å²) < 4.78 is 0. The van der Waals surface area contributed by atoms with E-state index in [1.807, 2.05) is 6.92 Å². The van der Waals surface area contributed by atoms with Crippen LogP contribution in [0.3, 0.4) is 0 Å². The number of hydrogen-bond donors (Lipinski definition) is 2. The summed E-state index contributed by atoms with van der Waals surface area (Å²) in [4.78, 5) is 12.4. The summed E-state index contributed by atoms with van der Waals surface area (Å²) in [6, 6.07) is 0. The molecule has 0 heterocycles. The van der Waals surface area contributed by atoms with Crippen LogP contribution >= 0.6 is 0 Å². The molecular weight excluding hydrogens is 228 g/mol. The van der Waals surface area contributed by atoms with Crippen LogP contribution in [0.15, 0.2) is 0 Å². The van der Waals surface area contributed by atoms with Gasteiger partial charge in [0.2, 0.25) is 0 Å². The van der Waals surface area contributed by atoms with Crippen LogP contribution in [0, 0.1) is 16.7 Å². The minimum absolute atomic E-state index is 0.178. The maximum Gasteiger partial charge on any atom is 0.141 e. The van der Waals surface area contributed by atoms with Gasteiger partial charge in [-0.3, -0.25) is 4.79 Å². The molecular formula is C15H26O3. The van der Waals surface area contributed by atoms with Crippen LogP contribution in [0.4, 0.5) is 0 Å². The van der Waals surface area contributed by atoms with Gasteiger partial charge in [-0.05, 0) is 32.1 Å². The first-order chi connectivity index (χ1) is 8.13. The van der Waals surface area contributed by atoms with Gasteiger partial charge in [0.1, 0.15) is 5.78 Å². The number of carbonyl (C=O) groups excluding carboxylic acids is 1. The molecule has 0 radical (unpaired) electrons. The van der Waals surface area contributed by atoms with Gasteiger partial charge < -0.3 is 10.2 Å². The molecule has 0 spiro atoms. The first kappa shape index (κ1) is 14.0. The molecule has 0 aromatic heterocycles. The molecule has 0 aliphatic heterocycles. The summed E-state index contributed by atoms with van der Waals surface area (Å²) in [6.45, 7) is 7.65. The highest BCUT2D eigenvalue weighted by Gasteiger charge is 2.62. The number of hydrogen-bond acceptors (Lipinski definition) is 3. The molecule has 2 fully saturated rings. The highest BCUT2D eigenvalue weighted by atomic mass is 16.3. The van der Waals surface area contributed by atoms with Crippen molar-refractivity contribution in [3.8, 4) is 0 Å². The minimum atomic E-state index is -0.951. The Morgan fingerprint density at radius 1 is 1.22 bits per heavy atom. The third kappa shape index (κ3) is 1.75. The van der Waals surface area contributed by atoms with E-state index in [1.54, 1.807) is 13.8 Å². The number of carbonyl (C=O) groups is 1. The molecule has 4 atom stereocenters. The topological polar surface area (TPSA) is 57.5 Å². The first-order valence-electron chi connectivity index (χ1n) is 7.07. The van der Waals surface area contributed by atoms with Gasteiger partial charge in [-0.15, -0.1) is 0 Å². The number of ketones is 1. The van der Waals surface area contributed by atoms with Gasteiger partial charge in [0.05, 0.1) is 11.7 Å². The quantitative estimate of drug-likeness (QED) is 0.755. The molecule has 0 amide bonds. The lowest BCUT2D eigenvalue weighted by molar-refractivity contribution is -0.194. The van der Waals surface area contributed by atoms with Gasteiger partial charge in [0, 0.05) is 17.8 Å². The lowest BCUT2D eigenvalue weighted by atomic mass is 9.44. The van der Waals surface area contributed by atoms with Crippen LogP contribution < -0.4 is 0 Å². The molecule has 3 nitrogen and oxygen atoms in total. The van der Waals surface area contributed by atoms with Crippen molar-refractivity contribution >= 4 is 5.78 Å². The molecule has 0 bridgehead atoms. The van der Waals surface area contributed by atoms with Gasteiger partial charge in [0.15, 0.2) is 0 Å². The van der Waals surface area contributed by atoms with Gasteiger partial charge in [0.25, 0.3) is 0 Å². The van der Waals surface area contributed by atoms with Crippen LogP contribution in [0.5, 0.6) is 0 Å².